The molecule has 0 saturated heterocycles. The number of nitrogens with zero attached hydrogens (tertiary/aromatic N) is 2. The maximum atomic E-state index is 12.1. The van der Waals surface area contributed by atoms with E-state index in [0.29, 0.717) is 30.4 Å². The smallest absolute Gasteiger partial charge is 0.251 e. The third-order valence-corrected chi connectivity index (χ3v) is 3.25. The summed E-state index contributed by atoms with van der Waals surface area (Å²) in [5.74, 6) is 1.21. The molecule has 0 aliphatic rings. The highest BCUT2D eigenvalue weighted by atomic mass is 16.1. The van der Waals surface area contributed by atoms with E-state index in [1.54, 1.807) is 30.7 Å². The predicted molar refractivity (Wildman–Crippen MR) is 87.6 cm³/mol. The topological polar surface area (TPSA) is 66.9 Å². The Balaban J connectivity index is 1.90. The lowest BCUT2D eigenvalue weighted by Gasteiger charge is -2.09. The SMILES string of the molecule is CC(C)CCNC(=O)c1ccnc(NCc2ccncc2)c1. The Bertz CT molecular complexity index is 599. The van der Waals surface area contributed by atoms with E-state index >= 15 is 0 Å². The summed E-state index contributed by atoms with van der Waals surface area (Å²) < 4.78 is 0. The van der Waals surface area contributed by atoms with Crippen molar-refractivity contribution in [3.63, 3.8) is 0 Å². The van der Waals surface area contributed by atoms with Crippen molar-refractivity contribution < 1.29 is 4.79 Å². The molecule has 2 rings (SSSR count). The van der Waals surface area contributed by atoms with Gasteiger partial charge in [-0.3, -0.25) is 9.78 Å². The van der Waals surface area contributed by atoms with Gasteiger partial charge in [-0.1, -0.05) is 13.8 Å². The molecule has 1 amide bonds. The molecule has 0 saturated carbocycles. The zero-order chi connectivity index (χ0) is 15.8. The highest BCUT2D eigenvalue weighted by Crippen LogP contribution is 2.09. The van der Waals surface area contributed by atoms with Crippen molar-refractivity contribution >= 4 is 11.7 Å². The van der Waals surface area contributed by atoms with Crippen molar-refractivity contribution in [2.24, 2.45) is 5.92 Å². The Morgan fingerprint density at radius 2 is 1.95 bits per heavy atom. The van der Waals surface area contributed by atoms with Gasteiger partial charge in [0.25, 0.3) is 5.91 Å². The lowest BCUT2D eigenvalue weighted by atomic mass is 10.1. The number of carbonyl (C=O) groups excluding carboxylic acids is 1. The molecule has 0 spiro atoms. The molecule has 0 bridgehead atoms. The van der Waals surface area contributed by atoms with E-state index in [-0.39, 0.29) is 5.91 Å². The number of hydrogen-bond donors (Lipinski definition) is 2. The maximum Gasteiger partial charge on any atom is 0.251 e. The number of rotatable bonds is 7. The standard InChI is InChI=1S/C17H22N4O/c1-13(2)3-9-20-17(22)15-6-10-19-16(11-15)21-12-14-4-7-18-8-5-14/h4-8,10-11,13H,3,9,12H2,1-2H3,(H,19,21)(H,20,22). The normalized spacial score (nSPS) is 10.5. The fraction of sp³-hybridized carbons (Fsp3) is 0.353. The van der Waals surface area contributed by atoms with Crippen LogP contribution in [-0.4, -0.2) is 22.4 Å². The first-order valence-electron chi connectivity index (χ1n) is 7.52. The summed E-state index contributed by atoms with van der Waals surface area (Å²) in [7, 11) is 0. The zero-order valence-corrected chi connectivity index (χ0v) is 13.0. The summed E-state index contributed by atoms with van der Waals surface area (Å²) in [5, 5.41) is 6.14. The first-order valence-corrected chi connectivity index (χ1v) is 7.52. The minimum Gasteiger partial charge on any atom is -0.366 e. The van der Waals surface area contributed by atoms with Gasteiger partial charge in [0.05, 0.1) is 0 Å². The Kier molecular flexibility index (Phi) is 5.89. The molecule has 0 unspecified atom stereocenters. The van der Waals surface area contributed by atoms with Crippen LogP contribution in [0, 0.1) is 5.92 Å². The summed E-state index contributed by atoms with van der Waals surface area (Å²) in [6, 6.07) is 7.37. The van der Waals surface area contributed by atoms with Crippen LogP contribution in [0.4, 0.5) is 5.82 Å². The molecule has 5 heteroatoms. The van der Waals surface area contributed by atoms with Crippen LogP contribution in [0.1, 0.15) is 36.2 Å². The van der Waals surface area contributed by atoms with Gasteiger partial charge in [-0.05, 0) is 42.2 Å². The largest absolute Gasteiger partial charge is 0.366 e. The number of carbonyl (C=O) groups is 1. The van der Waals surface area contributed by atoms with Gasteiger partial charge < -0.3 is 10.6 Å². The van der Waals surface area contributed by atoms with Gasteiger partial charge in [0, 0.05) is 37.2 Å². The summed E-state index contributed by atoms with van der Waals surface area (Å²) in [5.41, 5.74) is 1.74. The van der Waals surface area contributed by atoms with Crippen LogP contribution in [0.3, 0.4) is 0 Å². The Labute approximate surface area is 131 Å². The number of amides is 1. The number of hydrogen-bond acceptors (Lipinski definition) is 4. The lowest BCUT2D eigenvalue weighted by molar-refractivity contribution is 0.0952. The van der Waals surface area contributed by atoms with E-state index < -0.39 is 0 Å². The molecular weight excluding hydrogens is 276 g/mol. The van der Waals surface area contributed by atoms with Gasteiger partial charge in [-0.25, -0.2) is 4.98 Å². The number of nitrogens with one attached hydrogen (secondary N) is 2. The number of aromatic nitrogens is 2. The fourth-order valence-corrected chi connectivity index (χ4v) is 1.94. The van der Waals surface area contributed by atoms with Gasteiger partial charge in [0.1, 0.15) is 5.82 Å². The molecule has 2 aromatic rings. The molecule has 22 heavy (non-hydrogen) atoms. The molecular formula is C17H22N4O. The van der Waals surface area contributed by atoms with Gasteiger partial charge >= 0.3 is 0 Å². The van der Waals surface area contributed by atoms with Crippen molar-refractivity contribution in [2.75, 3.05) is 11.9 Å². The van der Waals surface area contributed by atoms with Crippen LogP contribution in [0.15, 0.2) is 42.9 Å². The predicted octanol–water partition coefficient (Wildman–Crippen LogP) is 2.86. The summed E-state index contributed by atoms with van der Waals surface area (Å²) >= 11 is 0. The Morgan fingerprint density at radius 1 is 1.18 bits per heavy atom. The molecule has 0 fully saturated rings. The maximum absolute atomic E-state index is 12.1. The van der Waals surface area contributed by atoms with Crippen molar-refractivity contribution in [2.45, 2.75) is 26.8 Å². The van der Waals surface area contributed by atoms with E-state index in [2.05, 4.69) is 34.4 Å². The molecule has 0 atom stereocenters. The van der Waals surface area contributed by atoms with Crippen LogP contribution in [0.2, 0.25) is 0 Å². The lowest BCUT2D eigenvalue weighted by Crippen LogP contribution is -2.25. The molecule has 2 aromatic heterocycles. The molecule has 0 aliphatic carbocycles. The molecule has 5 nitrogen and oxygen atoms in total. The monoisotopic (exact) mass is 298 g/mol. The first-order chi connectivity index (χ1) is 10.6. The van der Waals surface area contributed by atoms with Crippen LogP contribution in [-0.2, 0) is 6.54 Å². The average Bonchev–Trinajstić information content (AvgIpc) is 2.54. The summed E-state index contributed by atoms with van der Waals surface area (Å²) in [6.07, 6.45) is 6.13. The van der Waals surface area contributed by atoms with Crippen LogP contribution in [0.25, 0.3) is 0 Å². The van der Waals surface area contributed by atoms with Crippen molar-refractivity contribution in [1.29, 1.82) is 0 Å². The quantitative estimate of drug-likeness (QED) is 0.825. The van der Waals surface area contributed by atoms with Crippen molar-refractivity contribution in [1.82, 2.24) is 15.3 Å². The summed E-state index contributed by atoms with van der Waals surface area (Å²) in [6.45, 7) is 5.62. The third kappa shape index (κ3) is 5.16. The van der Waals surface area contributed by atoms with E-state index in [9.17, 15) is 4.79 Å². The first kappa shape index (κ1) is 15.9. The third-order valence-electron chi connectivity index (χ3n) is 3.25. The highest BCUT2D eigenvalue weighted by molar-refractivity contribution is 5.94. The van der Waals surface area contributed by atoms with Crippen molar-refractivity contribution in [3.8, 4) is 0 Å². The van der Waals surface area contributed by atoms with Gasteiger partial charge in [-0.2, -0.15) is 0 Å². The van der Waals surface area contributed by atoms with E-state index in [0.717, 1.165) is 12.0 Å². The van der Waals surface area contributed by atoms with E-state index in [1.165, 1.54) is 0 Å². The molecule has 2 heterocycles. The molecule has 0 aliphatic heterocycles. The van der Waals surface area contributed by atoms with Crippen molar-refractivity contribution in [3.05, 3.63) is 54.0 Å². The molecule has 2 N–H and O–H groups in total. The Morgan fingerprint density at radius 3 is 2.68 bits per heavy atom. The highest BCUT2D eigenvalue weighted by Gasteiger charge is 2.06. The molecule has 116 valence electrons. The second kappa shape index (κ2) is 8.12. The van der Waals surface area contributed by atoms with E-state index in [4.69, 9.17) is 0 Å². The van der Waals surface area contributed by atoms with Crippen LogP contribution >= 0.6 is 0 Å². The number of anilines is 1. The minimum absolute atomic E-state index is 0.0602. The summed E-state index contributed by atoms with van der Waals surface area (Å²) in [4.78, 5) is 20.3. The van der Waals surface area contributed by atoms with Crippen LogP contribution < -0.4 is 10.6 Å². The molecule has 0 aromatic carbocycles. The Hall–Kier alpha value is -2.43. The van der Waals surface area contributed by atoms with Gasteiger partial charge in [0.2, 0.25) is 0 Å². The number of pyridine rings is 2. The molecule has 0 radical (unpaired) electrons. The second-order valence-corrected chi connectivity index (χ2v) is 5.58. The van der Waals surface area contributed by atoms with Gasteiger partial charge in [0.15, 0.2) is 0 Å². The minimum atomic E-state index is -0.0602. The van der Waals surface area contributed by atoms with Gasteiger partial charge in [-0.15, -0.1) is 0 Å². The zero-order valence-electron chi connectivity index (χ0n) is 13.0. The van der Waals surface area contributed by atoms with E-state index in [1.807, 2.05) is 12.1 Å². The fourth-order valence-electron chi connectivity index (χ4n) is 1.94. The second-order valence-electron chi connectivity index (χ2n) is 5.58. The van der Waals surface area contributed by atoms with Crippen LogP contribution in [0.5, 0.6) is 0 Å². The average molecular weight is 298 g/mol.